The summed E-state index contributed by atoms with van der Waals surface area (Å²) in [6.45, 7) is 5.63. The van der Waals surface area contributed by atoms with Crippen molar-refractivity contribution in [3.05, 3.63) is 39.0 Å². The molecule has 0 aliphatic rings. The molecule has 8 heteroatoms. The van der Waals surface area contributed by atoms with Crippen molar-refractivity contribution in [1.82, 2.24) is 25.0 Å². The molecular formula is C15H20N6S2. The van der Waals surface area contributed by atoms with Crippen LogP contribution in [-0.4, -0.2) is 33.9 Å². The van der Waals surface area contributed by atoms with Crippen LogP contribution in [0.3, 0.4) is 0 Å². The van der Waals surface area contributed by atoms with Crippen LogP contribution >= 0.6 is 22.7 Å². The van der Waals surface area contributed by atoms with Crippen LogP contribution in [-0.2, 0) is 13.0 Å². The molecule has 0 aliphatic carbocycles. The van der Waals surface area contributed by atoms with E-state index in [0.717, 1.165) is 40.3 Å². The summed E-state index contributed by atoms with van der Waals surface area (Å²) in [4.78, 5) is 15.6. The molecule has 6 nitrogen and oxygen atoms in total. The number of nitrogens with one attached hydrogen (secondary N) is 2. The lowest BCUT2D eigenvalue weighted by Gasteiger charge is -2.10. The first kappa shape index (κ1) is 15.9. The quantitative estimate of drug-likeness (QED) is 0.549. The highest BCUT2D eigenvalue weighted by atomic mass is 32.1. The highest BCUT2D eigenvalue weighted by Crippen LogP contribution is 2.16. The lowest BCUT2D eigenvalue weighted by atomic mass is 10.4. The summed E-state index contributed by atoms with van der Waals surface area (Å²) in [5.74, 6) is 0.784. The van der Waals surface area contributed by atoms with Crippen molar-refractivity contribution in [3.8, 4) is 0 Å². The number of aryl methyl sites for hydroxylation is 2. The van der Waals surface area contributed by atoms with Gasteiger partial charge in [0.25, 0.3) is 0 Å². The molecule has 3 aromatic heterocycles. The first-order valence-corrected chi connectivity index (χ1v) is 9.14. The standard InChI is InChI=1S/C15H20N6S2/c1-10-11(2)23-13(19-10)4-5-17-14(16-3)18-8-12-9-21-6-7-22-15(21)20-12/h6-7,9H,4-5,8H2,1-3H3,(H2,16,17,18). The first-order valence-electron chi connectivity index (χ1n) is 7.44. The van der Waals surface area contributed by atoms with Crippen LogP contribution in [0.1, 0.15) is 21.3 Å². The van der Waals surface area contributed by atoms with E-state index in [1.165, 1.54) is 4.88 Å². The third kappa shape index (κ3) is 3.89. The number of hydrogen-bond acceptors (Lipinski definition) is 5. The second-order valence-corrected chi connectivity index (χ2v) is 7.34. The van der Waals surface area contributed by atoms with Crippen molar-refractivity contribution in [1.29, 1.82) is 0 Å². The summed E-state index contributed by atoms with van der Waals surface area (Å²) in [7, 11) is 1.78. The highest BCUT2D eigenvalue weighted by molar-refractivity contribution is 7.15. The Morgan fingerprint density at radius 2 is 2.17 bits per heavy atom. The van der Waals surface area contributed by atoms with Crippen molar-refractivity contribution in [2.24, 2.45) is 4.99 Å². The molecule has 3 heterocycles. The molecule has 0 saturated heterocycles. The molecule has 3 aromatic rings. The average molecular weight is 349 g/mol. The highest BCUT2D eigenvalue weighted by Gasteiger charge is 2.06. The predicted molar refractivity (Wildman–Crippen MR) is 96.6 cm³/mol. The minimum absolute atomic E-state index is 0.656. The number of thiazole rings is 2. The maximum atomic E-state index is 4.55. The van der Waals surface area contributed by atoms with Crippen LogP contribution in [0, 0.1) is 13.8 Å². The van der Waals surface area contributed by atoms with Gasteiger partial charge in [0.2, 0.25) is 0 Å². The Morgan fingerprint density at radius 3 is 2.87 bits per heavy atom. The van der Waals surface area contributed by atoms with Crippen molar-refractivity contribution in [3.63, 3.8) is 0 Å². The van der Waals surface area contributed by atoms with Gasteiger partial charge in [0.15, 0.2) is 10.9 Å². The maximum Gasteiger partial charge on any atom is 0.193 e. The molecule has 2 N–H and O–H groups in total. The van der Waals surface area contributed by atoms with Crippen LogP contribution < -0.4 is 10.6 Å². The van der Waals surface area contributed by atoms with Gasteiger partial charge in [-0.25, -0.2) is 9.97 Å². The van der Waals surface area contributed by atoms with E-state index in [1.807, 2.05) is 22.2 Å². The lowest BCUT2D eigenvalue weighted by Crippen LogP contribution is -2.37. The number of rotatable bonds is 5. The third-order valence-corrected chi connectivity index (χ3v) is 5.41. The fraction of sp³-hybridized carbons (Fsp3) is 0.400. The Kier molecular flexibility index (Phi) is 4.92. The van der Waals surface area contributed by atoms with Crippen LogP contribution in [0.15, 0.2) is 22.8 Å². The van der Waals surface area contributed by atoms with Crippen molar-refractivity contribution < 1.29 is 0 Å². The van der Waals surface area contributed by atoms with Gasteiger partial charge in [0, 0.05) is 42.7 Å². The lowest BCUT2D eigenvalue weighted by molar-refractivity contribution is 0.783. The third-order valence-electron chi connectivity index (χ3n) is 3.51. The summed E-state index contributed by atoms with van der Waals surface area (Å²) in [5.41, 5.74) is 2.14. The van der Waals surface area contributed by atoms with E-state index < -0.39 is 0 Å². The molecule has 0 amide bonds. The molecule has 0 saturated carbocycles. The zero-order valence-corrected chi connectivity index (χ0v) is 15.1. The maximum absolute atomic E-state index is 4.55. The second-order valence-electron chi connectivity index (χ2n) is 5.18. The summed E-state index contributed by atoms with van der Waals surface area (Å²) in [6, 6.07) is 0. The Labute approximate surface area is 143 Å². The molecule has 122 valence electrons. The number of nitrogens with zero attached hydrogens (tertiary/aromatic N) is 4. The molecule has 0 unspecified atom stereocenters. The van der Waals surface area contributed by atoms with E-state index in [1.54, 1.807) is 29.7 Å². The SMILES string of the molecule is CN=C(NCCc1nc(C)c(C)s1)NCc1cn2ccsc2n1. The van der Waals surface area contributed by atoms with Crippen LogP contribution in [0.4, 0.5) is 0 Å². The molecule has 0 atom stereocenters. The average Bonchev–Trinajstić information content (AvgIpc) is 3.18. The Balaban J connectivity index is 1.47. The van der Waals surface area contributed by atoms with Gasteiger partial charge in [-0.05, 0) is 13.8 Å². The fourth-order valence-electron chi connectivity index (χ4n) is 2.19. The van der Waals surface area contributed by atoms with Gasteiger partial charge in [0.05, 0.1) is 22.9 Å². The predicted octanol–water partition coefficient (Wildman–Crippen LogP) is 2.38. The minimum atomic E-state index is 0.656. The van der Waals surface area contributed by atoms with E-state index in [4.69, 9.17) is 0 Å². The minimum Gasteiger partial charge on any atom is -0.356 e. The number of imidazole rings is 1. The van der Waals surface area contributed by atoms with Crippen LogP contribution in [0.5, 0.6) is 0 Å². The van der Waals surface area contributed by atoms with Crippen molar-refractivity contribution in [2.75, 3.05) is 13.6 Å². The van der Waals surface area contributed by atoms with Crippen molar-refractivity contribution >= 4 is 33.6 Å². The zero-order chi connectivity index (χ0) is 16.2. The van der Waals surface area contributed by atoms with Gasteiger partial charge < -0.3 is 10.6 Å². The molecular weight excluding hydrogens is 328 g/mol. The van der Waals surface area contributed by atoms with E-state index in [9.17, 15) is 0 Å². The molecule has 0 radical (unpaired) electrons. The fourth-order valence-corrected chi connectivity index (χ4v) is 3.84. The van der Waals surface area contributed by atoms with E-state index in [2.05, 4.69) is 39.4 Å². The molecule has 23 heavy (non-hydrogen) atoms. The van der Waals surface area contributed by atoms with Gasteiger partial charge in [-0.2, -0.15) is 0 Å². The molecule has 0 fully saturated rings. The molecule has 0 aliphatic heterocycles. The number of hydrogen-bond donors (Lipinski definition) is 2. The summed E-state index contributed by atoms with van der Waals surface area (Å²) in [5, 5.41) is 9.80. The largest absolute Gasteiger partial charge is 0.356 e. The van der Waals surface area contributed by atoms with Gasteiger partial charge >= 0.3 is 0 Å². The number of guanidine groups is 1. The first-order chi connectivity index (χ1) is 11.2. The zero-order valence-electron chi connectivity index (χ0n) is 13.5. The number of aliphatic imine (C=N–C) groups is 1. The smallest absolute Gasteiger partial charge is 0.193 e. The molecule has 0 spiro atoms. The molecule has 0 bridgehead atoms. The van der Waals surface area contributed by atoms with Crippen molar-refractivity contribution in [2.45, 2.75) is 26.8 Å². The van der Waals surface area contributed by atoms with E-state index >= 15 is 0 Å². The van der Waals surface area contributed by atoms with Gasteiger partial charge in [-0.15, -0.1) is 22.7 Å². The Morgan fingerprint density at radius 1 is 1.30 bits per heavy atom. The van der Waals surface area contributed by atoms with Gasteiger partial charge in [-0.1, -0.05) is 0 Å². The molecule has 0 aromatic carbocycles. The van der Waals surface area contributed by atoms with Crippen LogP contribution in [0.2, 0.25) is 0 Å². The monoisotopic (exact) mass is 348 g/mol. The normalized spacial score (nSPS) is 12.0. The number of fused-ring (bicyclic) bond motifs is 1. The summed E-state index contributed by atoms with van der Waals surface area (Å²) < 4.78 is 2.03. The van der Waals surface area contributed by atoms with Gasteiger partial charge in [0.1, 0.15) is 0 Å². The summed E-state index contributed by atoms with van der Waals surface area (Å²) >= 11 is 3.40. The van der Waals surface area contributed by atoms with E-state index in [0.29, 0.717) is 6.54 Å². The topological polar surface area (TPSA) is 66.6 Å². The van der Waals surface area contributed by atoms with Gasteiger partial charge in [-0.3, -0.25) is 9.39 Å². The Hall–Kier alpha value is -1.93. The molecule has 3 rings (SSSR count). The summed E-state index contributed by atoms with van der Waals surface area (Å²) in [6.07, 6.45) is 4.95. The van der Waals surface area contributed by atoms with E-state index in [-0.39, 0.29) is 0 Å². The number of aromatic nitrogens is 3. The second kappa shape index (κ2) is 7.10. The Bertz CT molecular complexity index is 765. The van der Waals surface area contributed by atoms with Crippen LogP contribution in [0.25, 0.3) is 4.96 Å².